The molecule has 0 spiro atoms. The van der Waals surface area contributed by atoms with Crippen LogP contribution in [0.4, 0.5) is 0 Å². The van der Waals surface area contributed by atoms with E-state index in [1.54, 1.807) is 13.3 Å². The Hall–Kier alpha value is -1.39. The number of aromatic nitrogens is 1. The van der Waals surface area contributed by atoms with Crippen LogP contribution in [0.5, 0.6) is 5.75 Å². The summed E-state index contributed by atoms with van der Waals surface area (Å²) in [7, 11) is 1.68. The predicted octanol–water partition coefficient (Wildman–Crippen LogP) is 3.00. The lowest BCUT2D eigenvalue weighted by atomic mass is 10.1. The van der Waals surface area contributed by atoms with Crippen molar-refractivity contribution in [3.05, 3.63) is 59.9 Å². The molecule has 0 fully saturated rings. The Bertz CT molecular complexity index is 459. The highest BCUT2D eigenvalue weighted by Gasteiger charge is 1.95. The fraction of sp³-hybridized carbons (Fsp3) is 0.267. The zero-order valence-electron chi connectivity index (χ0n) is 11.0. The van der Waals surface area contributed by atoms with Gasteiger partial charge in [-0.05, 0) is 42.3 Å². The van der Waals surface area contributed by atoms with Gasteiger partial charge in [0.1, 0.15) is 5.75 Å². The second kappa shape index (κ2) is 8.67. The first-order chi connectivity index (χ1) is 8.88. The molecule has 19 heavy (non-hydrogen) atoms. The van der Waals surface area contributed by atoms with Crippen LogP contribution in [0, 0.1) is 0 Å². The molecule has 0 unspecified atom stereocenters. The van der Waals surface area contributed by atoms with Crippen LogP contribution in [0.25, 0.3) is 0 Å². The van der Waals surface area contributed by atoms with Crippen LogP contribution in [0.1, 0.15) is 11.1 Å². The number of rotatable bonds is 6. The predicted molar refractivity (Wildman–Crippen MR) is 83.0 cm³/mol. The lowest BCUT2D eigenvalue weighted by Crippen LogP contribution is -2.16. The summed E-state index contributed by atoms with van der Waals surface area (Å²) in [4.78, 5) is 4.09. The molecule has 0 saturated heterocycles. The molecule has 0 aliphatic carbocycles. The van der Waals surface area contributed by atoms with Crippen molar-refractivity contribution in [2.75, 3.05) is 13.7 Å². The molecule has 2 aromatic rings. The summed E-state index contributed by atoms with van der Waals surface area (Å²) in [5.74, 6) is 0.905. The van der Waals surface area contributed by atoms with Crippen LogP contribution < -0.4 is 10.1 Å². The third-order valence-electron chi connectivity index (χ3n) is 2.80. The minimum absolute atomic E-state index is 0. The zero-order valence-corrected chi connectivity index (χ0v) is 12.7. The SMILES string of the molecule is Br.COc1ccc(CCNCc2cccnc2)cc1. The van der Waals surface area contributed by atoms with E-state index in [9.17, 15) is 0 Å². The van der Waals surface area contributed by atoms with Crippen molar-refractivity contribution in [1.82, 2.24) is 10.3 Å². The zero-order chi connectivity index (χ0) is 12.6. The number of benzene rings is 1. The number of halogens is 1. The van der Waals surface area contributed by atoms with Gasteiger partial charge < -0.3 is 10.1 Å². The molecule has 0 bridgehead atoms. The van der Waals surface area contributed by atoms with E-state index in [-0.39, 0.29) is 17.0 Å². The van der Waals surface area contributed by atoms with Crippen molar-refractivity contribution in [3.63, 3.8) is 0 Å². The molecule has 1 aromatic carbocycles. The average Bonchev–Trinajstić information content (AvgIpc) is 2.45. The normalized spacial score (nSPS) is 9.74. The molecule has 0 amide bonds. The van der Waals surface area contributed by atoms with Gasteiger partial charge >= 0.3 is 0 Å². The van der Waals surface area contributed by atoms with Crippen LogP contribution >= 0.6 is 17.0 Å². The third kappa shape index (κ3) is 5.41. The van der Waals surface area contributed by atoms with Crippen molar-refractivity contribution >= 4 is 17.0 Å². The van der Waals surface area contributed by atoms with Gasteiger partial charge in [0, 0.05) is 18.9 Å². The molecular formula is C15H19BrN2O. The molecule has 1 N–H and O–H groups in total. The molecule has 1 heterocycles. The summed E-state index contributed by atoms with van der Waals surface area (Å²) in [5.41, 5.74) is 2.53. The van der Waals surface area contributed by atoms with Gasteiger partial charge in [0.2, 0.25) is 0 Å². The summed E-state index contributed by atoms with van der Waals surface area (Å²) in [6, 6.07) is 12.2. The number of hydrogen-bond acceptors (Lipinski definition) is 3. The van der Waals surface area contributed by atoms with E-state index in [1.807, 2.05) is 24.4 Å². The minimum atomic E-state index is 0. The standard InChI is InChI=1S/C15H18N2O.BrH/c1-18-15-6-4-13(5-7-15)8-10-17-12-14-3-2-9-16-11-14;/h2-7,9,11,17H,8,10,12H2,1H3;1H. The summed E-state index contributed by atoms with van der Waals surface area (Å²) < 4.78 is 5.13. The summed E-state index contributed by atoms with van der Waals surface area (Å²) in [6.07, 6.45) is 4.70. The number of hydrogen-bond donors (Lipinski definition) is 1. The molecule has 3 nitrogen and oxygen atoms in total. The van der Waals surface area contributed by atoms with Crippen LogP contribution in [-0.2, 0) is 13.0 Å². The molecule has 0 aliphatic rings. The van der Waals surface area contributed by atoms with Gasteiger partial charge in [0.15, 0.2) is 0 Å². The highest BCUT2D eigenvalue weighted by Crippen LogP contribution is 2.11. The van der Waals surface area contributed by atoms with Crippen LogP contribution in [0.2, 0.25) is 0 Å². The van der Waals surface area contributed by atoms with Gasteiger partial charge in [0.05, 0.1) is 7.11 Å². The summed E-state index contributed by atoms with van der Waals surface area (Å²) in [5, 5.41) is 3.41. The first kappa shape index (κ1) is 15.7. The molecular weight excluding hydrogens is 304 g/mol. The molecule has 1 aromatic heterocycles. The maximum absolute atomic E-state index is 5.13. The fourth-order valence-electron chi connectivity index (χ4n) is 1.76. The topological polar surface area (TPSA) is 34.1 Å². The van der Waals surface area contributed by atoms with Crippen molar-refractivity contribution in [2.45, 2.75) is 13.0 Å². The van der Waals surface area contributed by atoms with Gasteiger partial charge in [-0.1, -0.05) is 18.2 Å². The summed E-state index contributed by atoms with van der Waals surface area (Å²) >= 11 is 0. The largest absolute Gasteiger partial charge is 0.497 e. The summed E-state index contributed by atoms with van der Waals surface area (Å²) in [6.45, 7) is 1.82. The highest BCUT2D eigenvalue weighted by atomic mass is 79.9. The maximum Gasteiger partial charge on any atom is 0.118 e. The molecule has 2 rings (SSSR count). The van der Waals surface area contributed by atoms with Gasteiger partial charge in [-0.2, -0.15) is 0 Å². The first-order valence-electron chi connectivity index (χ1n) is 6.11. The van der Waals surface area contributed by atoms with Gasteiger partial charge in [-0.25, -0.2) is 0 Å². The van der Waals surface area contributed by atoms with Crippen molar-refractivity contribution in [3.8, 4) is 5.75 Å². The Morgan fingerprint density at radius 1 is 1.11 bits per heavy atom. The molecule has 0 radical (unpaired) electrons. The Balaban J connectivity index is 0.00000180. The molecule has 4 heteroatoms. The maximum atomic E-state index is 5.13. The average molecular weight is 323 g/mol. The first-order valence-corrected chi connectivity index (χ1v) is 6.11. The lowest BCUT2D eigenvalue weighted by Gasteiger charge is -2.05. The van der Waals surface area contributed by atoms with Gasteiger partial charge in [-0.15, -0.1) is 17.0 Å². The number of methoxy groups -OCH3 is 1. The Morgan fingerprint density at radius 2 is 1.89 bits per heavy atom. The van der Waals surface area contributed by atoms with E-state index in [4.69, 9.17) is 4.74 Å². The van der Waals surface area contributed by atoms with Gasteiger partial charge in [-0.3, -0.25) is 4.98 Å². The number of pyridine rings is 1. The smallest absolute Gasteiger partial charge is 0.118 e. The van der Waals surface area contributed by atoms with Crippen molar-refractivity contribution < 1.29 is 4.74 Å². The molecule has 0 saturated carbocycles. The van der Waals surface area contributed by atoms with Gasteiger partial charge in [0.25, 0.3) is 0 Å². The Kier molecular flexibility index (Phi) is 7.15. The third-order valence-corrected chi connectivity index (χ3v) is 2.80. The Morgan fingerprint density at radius 3 is 2.53 bits per heavy atom. The minimum Gasteiger partial charge on any atom is -0.497 e. The van der Waals surface area contributed by atoms with Crippen molar-refractivity contribution in [2.24, 2.45) is 0 Å². The van der Waals surface area contributed by atoms with E-state index < -0.39 is 0 Å². The van der Waals surface area contributed by atoms with Crippen LogP contribution in [-0.4, -0.2) is 18.6 Å². The lowest BCUT2D eigenvalue weighted by molar-refractivity contribution is 0.414. The molecule has 0 atom stereocenters. The Labute approximate surface area is 124 Å². The quantitative estimate of drug-likeness (QED) is 0.830. The van der Waals surface area contributed by atoms with E-state index in [0.29, 0.717) is 0 Å². The van der Waals surface area contributed by atoms with E-state index in [1.165, 1.54) is 11.1 Å². The van der Waals surface area contributed by atoms with E-state index in [2.05, 4.69) is 28.5 Å². The van der Waals surface area contributed by atoms with Crippen LogP contribution in [0.15, 0.2) is 48.8 Å². The number of nitrogens with one attached hydrogen (secondary N) is 1. The van der Waals surface area contributed by atoms with Crippen LogP contribution in [0.3, 0.4) is 0 Å². The monoisotopic (exact) mass is 322 g/mol. The number of ether oxygens (including phenoxy) is 1. The molecule has 0 aliphatic heterocycles. The number of nitrogens with zero attached hydrogens (tertiary/aromatic N) is 1. The van der Waals surface area contributed by atoms with E-state index in [0.717, 1.165) is 25.3 Å². The highest BCUT2D eigenvalue weighted by molar-refractivity contribution is 8.93. The molecule has 102 valence electrons. The second-order valence-electron chi connectivity index (χ2n) is 4.14. The fourth-order valence-corrected chi connectivity index (χ4v) is 1.76. The van der Waals surface area contributed by atoms with Crippen molar-refractivity contribution in [1.29, 1.82) is 0 Å². The van der Waals surface area contributed by atoms with E-state index >= 15 is 0 Å². The second-order valence-corrected chi connectivity index (χ2v) is 4.14.